The molecule has 1 aromatic carbocycles. The van der Waals surface area contributed by atoms with Gasteiger partial charge in [-0.15, -0.1) is 11.8 Å². The molecule has 2 rings (SSSR count). The van der Waals surface area contributed by atoms with Gasteiger partial charge in [-0.25, -0.2) is 0 Å². The van der Waals surface area contributed by atoms with E-state index < -0.39 is 5.97 Å². The molecule has 21 heavy (non-hydrogen) atoms. The Hall–Kier alpha value is -2.21. The minimum Gasteiger partial charge on any atom is -0.508 e. The molecule has 0 radical (unpaired) electrons. The fourth-order valence-corrected chi connectivity index (χ4v) is 2.73. The summed E-state index contributed by atoms with van der Waals surface area (Å²) >= 11 is 1.15. The van der Waals surface area contributed by atoms with Crippen molar-refractivity contribution < 1.29 is 24.2 Å². The van der Waals surface area contributed by atoms with Crippen molar-refractivity contribution in [2.75, 3.05) is 5.75 Å². The summed E-state index contributed by atoms with van der Waals surface area (Å²) in [6.07, 6.45) is 1.63. The first-order chi connectivity index (χ1) is 10.1. The quantitative estimate of drug-likeness (QED) is 0.764. The molecule has 0 saturated carbocycles. The number of aromatic hydroxyl groups is 1. The molecule has 1 heterocycles. The van der Waals surface area contributed by atoms with Gasteiger partial charge in [0.25, 0.3) is 0 Å². The van der Waals surface area contributed by atoms with Crippen molar-refractivity contribution in [3.8, 4) is 5.75 Å². The van der Waals surface area contributed by atoms with Gasteiger partial charge in [-0.05, 0) is 36.4 Å². The third-order valence-electron chi connectivity index (χ3n) is 2.83. The average molecular weight is 306 g/mol. The number of phenols is 1. The number of carboxylic acids is 1. The maximum atomic E-state index is 12.2. The number of thioether (sulfide) groups is 1. The molecule has 0 amide bonds. The van der Waals surface area contributed by atoms with Crippen molar-refractivity contribution in [1.29, 1.82) is 0 Å². The third kappa shape index (κ3) is 4.39. The molecule has 1 aromatic heterocycles. The Morgan fingerprint density at radius 3 is 2.48 bits per heavy atom. The Morgan fingerprint density at radius 2 is 1.90 bits per heavy atom. The molecule has 1 unspecified atom stereocenters. The number of carbonyl (C=O) groups is 2. The summed E-state index contributed by atoms with van der Waals surface area (Å²) in [4.78, 5) is 22.9. The van der Waals surface area contributed by atoms with Gasteiger partial charge in [-0.3, -0.25) is 9.59 Å². The van der Waals surface area contributed by atoms with E-state index in [4.69, 9.17) is 9.52 Å². The second kappa shape index (κ2) is 6.99. The van der Waals surface area contributed by atoms with Crippen LogP contribution >= 0.6 is 11.8 Å². The van der Waals surface area contributed by atoms with Gasteiger partial charge in [0, 0.05) is 12.0 Å². The van der Waals surface area contributed by atoms with Crippen molar-refractivity contribution in [2.24, 2.45) is 0 Å². The van der Waals surface area contributed by atoms with E-state index in [2.05, 4.69) is 0 Å². The first-order valence-corrected chi connectivity index (χ1v) is 7.30. The smallest absolute Gasteiger partial charge is 0.313 e. The number of Topliss-reactive ketones (excluding diaryl/α,β-unsaturated/α-hetero) is 1. The van der Waals surface area contributed by atoms with Gasteiger partial charge in [0.2, 0.25) is 0 Å². The average Bonchev–Trinajstić information content (AvgIpc) is 2.97. The first-order valence-electron chi connectivity index (χ1n) is 6.25. The Morgan fingerprint density at radius 1 is 1.19 bits per heavy atom. The van der Waals surface area contributed by atoms with Gasteiger partial charge in [0.1, 0.15) is 11.5 Å². The minimum atomic E-state index is -0.936. The molecule has 6 heteroatoms. The Balaban J connectivity index is 2.09. The lowest BCUT2D eigenvalue weighted by molar-refractivity contribution is -0.133. The molecule has 2 N–H and O–H groups in total. The number of phenolic OH excluding ortho intramolecular Hbond substituents is 1. The Kier molecular flexibility index (Phi) is 5.05. The first kappa shape index (κ1) is 15.2. The fraction of sp³-hybridized carbons (Fsp3) is 0.200. The summed E-state index contributed by atoms with van der Waals surface area (Å²) in [5.74, 6) is -0.500. The predicted molar refractivity (Wildman–Crippen MR) is 78.6 cm³/mol. The second-order valence-electron chi connectivity index (χ2n) is 4.38. The summed E-state index contributed by atoms with van der Waals surface area (Å²) in [5.41, 5.74) is 0.472. The number of hydrogen-bond acceptors (Lipinski definition) is 5. The Bertz CT molecular complexity index is 604. The largest absolute Gasteiger partial charge is 0.508 e. The van der Waals surface area contributed by atoms with E-state index in [9.17, 15) is 14.7 Å². The highest BCUT2D eigenvalue weighted by atomic mass is 32.2. The van der Waals surface area contributed by atoms with Gasteiger partial charge in [0.05, 0.1) is 17.3 Å². The van der Waals surface area contributed by atoms with E-state index >= 15 is 0 Å². The van der Waals surface area contributed by atoms with Gasteiger partial charge in [-0.2, -0.15) is 0 Å². The van der Waals surface area contributed by atoms with Gasteiger partial charge in [0.15, 0.2) is 5.78 Å². The highest BCUT2D eigenvalue weighted by molar-refractivity contribution is 8.00. The van der Waals surface area contributed by atoms with Crippen LogP contribution in [0, 0.1) is 0 Å². The van der Waals surface area contributed by atoms with Crippen molar-refractivity contribution >= 4 is 23.5 Å². The highest BCUT2D eigenvalue weighted by Gasteiger charge is 2.21. The molecular formula is C15H14O5S. The van der Waals surface area contributed by atoms with Crippen LogP contribution in [0.3, 0.4) is 0 Å². The van der Waals surface area contributed by atoms with E-state index in [0.717, 1.165) is 11.8 Å². The van der Waals surface area contributed by atoms with Gasteiger partial charge < -0.3 is 14.6 Å². The van der Waals surface area contributed by atoms with Crippen LogP contribution in [0.1, 0.15) is 27.8 Å². The number of benzene rings is 1. The number of hydrogen-bond donors (Lipinski definition) is 2. The third-order valence-corrected chi connectivity index (χ3v) is 4.04. The van der Waals surface area contributed by atoms with Crippen molar-refractivity contribution in [1.82, 2.24) is 0 Å². The number of aliphatic carboxylic acids is 1. The molecule has 0 saturated heterocycles. The Labute approximate surface area is 125 Å². The van der Waals surface area contributed by atoms with Crippen LogP contribution in [0.25, 0.3) is 0 Å². The molecule has 0 bridgehead atoms. The fourth-order valence-electron chi connectivity index (χ4n) is 1.82. The maximum absolute atomic E-state index is 12.2. The molecule has 5 nitrogen and oxygen atoms in total. The number of carboxylic acid groups (broad SMARTS) is 1. The van der Waals surface area contributed by atoms with Crippen LogP contribution in [-0.4, -0.2) is 27.7 Å². The molecule has 0 aliphatic carbocycles. The van der Waals surface area contributed by atoms with Crippen molar-refractivity contribution in [2.45, 2.75) is 11.7 Å². The SMILES string of the molecule is O=C(O)CSC(CC(=O)c1ccc(O)cc1)c1ccco1. The number of furan rings is 1. The van der Waals surface area contributed by atoms with Crippen LogP contribution in [0.4, 0.5) is 0 Å². The van der Waals surface area contributed by atoms with E-state index in [0.29, 0.717) is 11.3 Å². The molecule has 0 aliphatic rings. The van der Waals surface area contributed by atoms with E-state index in [1.165, 1.54) is 18.4 Å². The maximum Gasteiger partial charge on any atom is 0.313 e. The number of carbonyl (C=O) groups excluding carboxylic acids is 1. The molecule has 0 aliphatic heterocycles. The lowest BCUT2D eigenvalue weighted by atomic mass is 10.1. The minimum absolute atomic E-state index is 0.0920. The normalized spacial score (nSPS) is 12.0. The van der Waals surface area contributed by atoms with E-state index in [1.54, 1.807) is 24.3 Å². The molecular weight excluding hydrogens is 292 g/mol. The van der Waals surface area contributed by atoms with E-state index in [1.807, 2.05) is 0 Å². The molecule has 1 atom stereocenters. The molecule has 0 spiro atoms. The lowest BCUT2D eigenvalue weighted by Crippen LogP contribution is -2.08. The zero-order chi connectivity index (χ0) is 15.2. The van der Waals surface area contributed by atoms with Gasteiger partial charge in [-0.1, -0.05) is 0 Å². The molecule has 2 aromatic rings. The van der Waals surface area contributed by atoms with E-state index in [-0.39, 0.29) is 29.0 Å². The number of rotatable bonds is 7. The molecule has 110 valence electrons. The molecule has 0 fully saturated rings. The zero-order valence-corrected chi connectivity index (χ0v) is 11.9. The summed E-state index contributed by atoms with van der Waals surface area (Å²) in [6, 6.07) is 9.40. The predicted octanol–water partition coefficient (Wildman–Crippen LogP) is 3.12. The lowest BCUT2D eigenvalue weighted by Gasteiger charge is -2.12. The summed E-state index contributed by atoms with van der Waals surface area (Å²) < 4.78 is 5.28. The van der Waals surface area contributed by atoms with Crippen LogP contribution in [0.2, 0.25) is 0 Å². The standard InChI is InChI=1S/C15H14O5S/c16-11-5-3-10(4-6-11)12(17)8-14(21-9-15(18)19)13-2-1-7-20-13/h1-7,14,16H,8-9H2,(H,18,19). The van der Waals surface area contributed by atoms with Gasteiger partial charge >= 0.3 is 5.97 Å². The number of ketones is 1. The van der Waals surface area contributed by atoms with Crippen LogP contribution in [0.15, 0.2) is 47.1 Å². The monoisotopic (exact) mass is 306 g/mol. The highest BCUT2D eigenvalue weighted by Crippen LogP contribution is 2.33. The van der Waals surface area contributed by atoms with Crippen LogP contribution in [0.5, 0.6) is 5.75 Å². The summed E-state index contributed by atoms with van der Waals surface area (Å²) in [6.45, 7) is 0. The van der Waals surface area contributed by atoms with Crippen LogP contribution in [-0.2, 0) is 4.79 Å². The van der Waals surface area contributed by atoms with Crippen molar-refractivity contribution in [3.05, 3.63) is 54.0 Å². The summed E-state index contributed by atoms with van der Waals surface area (Å²) in [7, 11) is 0. The second-order valence-corrected chi connectivity index (χ2v) is 5.57. The topological polar surface area (TPSA) is 87.7 Å². The summed E-state index contributed by atoms with van der Waals surface area (Å²) in [5, 5.41) is 17.6. The van der Waals surface area contributed by atoms with Crippen LogP contribution < -0.4 is 0 Å². The van der Waals surface area contributed by atoms with Crippen molar-refractivity contribution in [3.63, 3.8) is 0 Å². The zero-order valence-electron chi connectivity index (χ0n) is 11.1.